The summed E-state index contributed by atoms with van der Waals surface area (Å²) in [7, 11) is 1.67. The van der Waals surface area contributed by atoms with E-state index in [9.17, 15) is 4.39 Å². The highest BCUT2D eigenvalue weighted by atomic mass is 79.9. The summed E-state index contributed by atoms with van der Waals surface area (Å²) < 4.78 is 23.6. The molecule has 0 N–H and O–H groups in total. The van der Waals surface area contributed by atoms with Crippen LogP contribution < -0.4 is 0 Å². The molecule has 4 aromatic rings. The van der Waals surface area contributed by atoms with Crippen LogP contribution >= 0.6 is 27.5 Å². The summed E-state index contributed by atoms with van der Waals surface area (Å²) in [5, 5.41) is 5.62. The lowest BCUT2D eigenvalue weighted by Crippen LogP contribution is -2.00. The van der Waals surface area contributed by atoms with E-state index in [0.29, 0.717) is 40.9 Å². The zero-order chi connectivity index (χ0) is 19.8. The van der Waals surface area contributed by atoms with Gasteiger partial charge >= 0.3 is 0 Å². The van der Waals surface area contributed by atoms with Gasteiger partial charge in [0.25, 0.3) is 0 Å². The van der Waals surface area contributed by atoms with Crippen LogP contribution in [-0.2, 0) is 17.8 Å². The third-order valence-electron chi connectivity index (χ3n) is 4.63. The molecule has 0 unspecified atom stereocenters. The molecule has 6 nitrogen and oxygen atoms in total. The number of halogens is 3. The van der Waals surface area contributed by atoms with Crippen molar-refractivity contribution in [2.45, 2.75) is 26.4 Å². The molecule has 0 aliphatic carbocycles. The Morgan fingerprint density at radius 2 is 2.07 bits per heavy atom. The first-order valence-electron chi connectivity index (χ1n) is 8.89. The van der Waals surface area contributed by atoms with Gasteiger partial charge in [-0.1, -0.05) is 0 Å². The van der Waals surface area contributed by atoms with Gasteiger partial charge in [0.2, 0.25) is 5.28 Å². The molecule has 0 radical (unpaired) electrons. The first-order valence-corrected chi connectivity index (χ1v) is 10.1. The van der Waals surface area contributed by atoms with E-state index in [1.165, 1.54) is 6.07 Å². The monoisotopic (exact) mass is 465 g/mol. The van der Waals surface area contributed by atoms with Crippen LogP contribution in [0.4, 0.5) is 4.39 Å². The molecule has 0 saturated carbocycles. The van der Waals surface area contributed by atoms with Crippen LogP contribution in [0.5, 0.6) is 0 Å². The molecule has 3 aromatic heterocycles. The van der Waals surface area contributed by atoms with Crippen molar-refractivity contribution in [2.24, 2.45) is 0 Å². The van der Waals surface area contributed by atoms with Crippen LogP contribution in [0.2, 0.25) is 5.28 Å². The third-order valence-corrected chi connectivity index (χ3v) is 5.41. The highest BCUT2D eigenvalue weighted by molar-refractivity contribution is 9.10. The topological polar surface area (TPSA) is 57.8 Å². The first kappa shape index (κ1) is 19.3. The van der Waals surface area contributed by atoms with E-state index in [1.807, 2.05) is 23.9 Å². The van der Waals surface area contributed by atoms with Gasteiger partial charge in [-0.25, -0.2) is 14.4 Å². The van der Waals surface area contributed by atoms with Crippen LogP contribution in [0.15, 0.2) is 29.0 Å². The lowest BCUT2D eigenvalue weighted by Gasteiger charge is -2.05. The minimum atomic E-state index is -0.314. The molecule has 0 aliphatic heterocycles. The van der Waals surface area contributed by atoms with Crippen molar-refractivity contribution in [3.05, 3.63) is 40.1 Å². The zero-order valence-corrected chi connectivity index (χ0v) is 17.8. The molecule has 0 bridgehead atoms. The molecular formula is C19H18BrClFN5O. The Balaban J connectivity index is 1.97. The van der Waals surface area contributed by atoms with Crippen molar-refractivity contribution in [1.29, 1.82) is 0 Å². The van der Waals surface area contributed by atoms with E-state index in [-0.39, 0.29) is 11.1 Å². The Kier molecular flexibility index (Phi) is 5.35. The summed E-state index contributed by atoms with van der Waals surface area (Å²) in [5.41, 5.74) is 3.60. The number of methoxy groups -OCH3 is 1. The molecule has 3 heterocycles. The maximum Gasteiger partial charge on any atom is 0.223 e. The molecule has 0 saturated heterocycles. The number of fused-ring (bicyclic) bond motifs is 2. The molecular weight excluding hydrogens is 449 g/mol. The summed E-state index contributed by atoms with van der Waals surface area (Å²) in [6, 6.07) is 3.30. The fraction of sp³-hybridized carbons (Fsp3) is 0.316. The lowest BCUT2D eigenvalue weighted by molar-refractivity contribution is 0.190. The average molecular weight is 467 g/mol. The van der Waals surface area contributed by atoms with Gasteiger partial charge in [-0.2, -0.15) is 5.10 Å². The van der Waals surface area contributed by atoms with Gasteiger partial charge in [-0.15, -0.1) is 0 Å². The second kappa shape index (κ2) is 7.77. The van der Waals surface area contributed by atoms with E-state index >= 15 is 0 Å². The molecule has 1 aromatic carbocycles. The van der Waals surface area contributed by atoms with Gasteiger partial charge in [-0.05, 0) is 53.0 Å². The molecule has 0 fully saturated rings. The van der Waals surface area contributed by atoms with Crippen LogP contribution in [0.3, 0.4) is 0 Å². The summed E-state index contributed by atoms with van der Waals surface area (Å²) in [6.07, 6.45) is 4.62. The van der Waals surface area contributed by atoms with Crippen molar-refractivity contribution < 1.29 is 9.13 Å². The van der Waals surface area contributed by atoms with Crippen LogP contribution in [0, 0.1) is 5.82 Å². The smallest absolute Gasteiger partial charge is 0.223 e. The first-order chi connectivity index (χ1) is 13.5. The second-order valence-corrected chi connectivity index (χ2v) is 7.62. The summed E-state index contributed by atoms with van der Waals surface area (Å²) >= 11 is 9.48. The van der Waals surface area contributed by atoms with E-state index in [0.717, 1.165) is 22.9 Å². The standard InChI is InChI=1S/C19H18BrClFN5O/c1-3-27-10-15-18(25-27)17(24-19(21)23-15)12-9-26(5-4-6-28-2)16-8-14(22)13(20)7-11(12)16/h7-10H,3-6H2,1-2H3. The van der Waals surface area contributed by atoms with Gasteiger partial charge < -0.3 is 9.30 Å². The fourth-order valence-electron chi connectivity index (χ4n) is 3.32. The molecule has 0 amide bonds. The normalized spacial score (nSPS) is 11.8. The van der Waals surface area contributed by atoms with Crippen LogP contribution in [-0.4, -0.2) is 38.0 Å². The maximum absolute atomic E-state index is 14.2. The number of rotatable bonds is 6. The quantitative estimate of drug-likeness (QED) is 0.294. The van der Waals surface area contributed by atoms with Gasteiger partial charge in [-0.3, -0.25) is 4.68 Å². The van der Waals surface area contributed by atoms with E-state index < -0.39 is 0 Å². The molecule has 28 heavy (non-hydrogen) atoms. The largest absolute Gasteiger partial charge is 0.385 e. The fourth-order valence-corrected chi connectivity index (χ4v) is 3.84. The predicted molar refractivity (Wildman–Crippen MR) is 111 cm³/mol. The highest BCUT2D eigenvalue weighted by Gasteiger charge is 2.19. The van der Waals surface area contributed by atoms with Gasteiger partial charge in [0.1, 0.15) is 22.5 Å². The number of benzene rings is 1. The van der Waals surface area contributed by atoms with Gasteiger partial charge in [0, 0.05) is 44.0 Å². The third kappa shape index (κ3) is 3.40. The minimum Gasteiger partial charge on any atom is -0.385 e. The number of nitrogens with zero attached hydrogens (tertiary/aromatic N) is 5. The van der Waals surface area contributed by atoms with Crippen LogP contribution in [0.25, 0.3) is 33.2 Å². The lowest BCUT2D eigenvalue weighted by atomic mass is 10.1. The Labute approximate surface area is 174 Å². The van der Waals surface area contributed by atoms with E-state index in [4.69, 9.17) is 16.3 Å². The van der Waals surface area contributed by atoms with Crippen molar-refractivity contribution >= 4 is 49.5 Å². The minimum absolute atomic E-state index is 0.152. The molecule has 9 heteroatoms. The Morgan fingerprint density at radius 1 is 1.25 bits per heavy atom. The molecule has 0 atom stereocenters. The Hall–Kier alpha value is -2.03. The SMILES string of the molecule is CCn1cc2nc(Cl)nc(-c3cn(CCCOC)c4cc(F)c(Br)cc34)c2n1. The highest BCUT2D eigenvalue weighted by Crippen LogP contribution is 2.36. The molecule has 0 spiro atoms. The number of hydrogen-bond donors (Lipinski definition) is 0. The van der Waals surface area contributed by atoms with Crippen LogP contribution in [0.1, 0.15) is 13.3 Å². The summed E-state index contributed by atoms with van der Waals surface area (Å²) in [5.74, 6) is -0.314. The van der Waals surface area contributed by atoms with E-state index in [2.05, 4.69) is 31.0 Å². The van der Waals surface area contributed by atoms with Crippen molar-refractivity contribution in [3.8, 4) is 11.3 Å². The van der Waals surface area contributed by atoms with Crippen molar-refractivity contribution in [3.63, 3.8) is 0 Å². The second-order valence-electron chi connectivity index (χ2n) is 6.43. The number of aryl methyl sites for hydroxylation is 2. The Bertz CT molecular complexity index is 1170. The average Bonchev–Trinajstić information content (AvgIpc) is 3.23. The molecule has 0 aliphatic rings. The van der Waals surface area contributed by atoms with Crippen molar-refractivity contribution in [2.75, 3.05) is 13.7 Å². The number of ether oxygens (including phenoxy) is 1. The number of aromatic nitrogens is 5. The number of hydrogen-bond acceptors (Lipinski definition) is 4. The molecule has 146 valence electrons. The Morgan fingerprint density at radius 3 is 2.82 bits per heavy atom. The maximum atomic E-state index is 14.2. The van der Waals surface area contributed by atoms with Gasteiger partial charge in [0.05, 0.1) is 16.2 Å². The van der Waals surface area contributed by atoms with E-state index in [1.54, 1.807) is 17.9 Å². The summed E-state index contributed by atoms with van der Waals surface area (Å²) in [6.45, 7) is 4.03. The predicted octanol–water partition coefficient (Wildman–Crippen LogP) is 5.06. The van der Waals surface area contributed by atoms with Crippen molar-refractivity contribution in [1.82, 2.24) is 24.3 Å². The zero-order valence-electron chi connectivity index (χ0n) is 15.4. The summed E-state index contributed by atoms with van der Waals surface area (Å²) in [4.78, 5) is 8.75. The molecule has 4 rings (SSSR count). The van der Waals surface area contributed by atoms with Gasteiger partial charge in [0.15, 0.2) is 0 Å².